The van der Waals surface area contributed by atoms with Crippen molar-refractivity contribution in [1.82, 2.24) is 0 Å². The van der Waals surface area contributed by atoms with Crippen LogP contribution in [0.3, 0.4) is 0 Å². The second-order valence-electron chi connectivity index (χ2n) is 4.11. The Balaban J connectivity index is 2.23. The van der Waals surface area contributed by atoms with Crippen LogP contribution >= 0.6 is 50.7 Å². The number of aliphatic hydroxyl groups is 1. The fourth-order valence-electron chi connectivity index (χ4n) is 1.75. The fraction of sp³-hybridized carbons (Fsp3) is 0.143. The van der Waals surface area contributed by atoms with Crippen molar-refractivity contribution in [2.45, 2.75) is 12.5 Å². The molecule has 0 radical (unpaired) electrons. The molecule has 0 fully saturated rings. The van der Waals surface area contributed by atoms with Crippen molar-refractivity contribution < 1.29 is 5.11 Å². The monoisotopic (exact) mass is 378 g/mol. The SMILES string of the molecule is OC(Cc1cccc(Cl)c1Cl)c1ccc(Br)c(Cl)c1. The highest BCUT2D eigenvalue weighted by Crippen LogP contribution is 2.31. The lowest BCUT2D eigenvalue weighted by Crippen LogP contribution is -2.02. The number of benzene rings is 2. The van der Waals surface area contributed by atoms with Gasteiger partial charge < -0.3 is 5.11 Å². The van der Waals surface area contributed by atoms with Crippen LogP contribution in [0.2, 0.25) is 15.1 Å². The van der Waals surface area contributed by atoms with E-state index in [0.717, 1.165) is 15.6 Å². The van der Waals surface area contributed by atoms with Crippen molar-refractivity contribution in [3.8, 4) is 0 Å². The Morgan fingerprint density at radius 1 is 1.05 bits per heavy atom. The second-order valence-corrected chi connectivity index (χ2v) is 6.15. The molecule has 5 heteroatoms. The quantitative estimate of drug-likeness (QED) is 0.726. The predicted octanol–water partition coefficient (Wildman–Crippen LogP) is 5.69. The first kappa shape index (κ1) is 15.1. The minimum absolute atomic E-state index is 0.386. The molecule has 100 valence electrons. The summed E-state index contributed by atoms with van der Waals surface area (Å²) >= 11 is 21.4. The standard InChI is InChI=1S/C14H10BrCl3O/c15-10-5-4-8(6-12(10)17)13(19)7-9-2-1-3-11(16)14(9)18/h1-6,13,19H,7H2. The zero-order chi connectivity index (χ0) is 14.0. The van der Waals surface area contributed by atoms with E-state index in [2.05, 4.69) is 15.9 Å². The van der Waals surface area contributed by atoms with E-state index in [4.69, 9.17) is 34.8 Å². The Morgan fingerprint density at radius 3 is 2.47 bits per heavy atom. The summed E-state index contributed by atoms with van der Waals surface area (Å²) in [6.45, 7) is 0. The second kappa shape index (κ2) is 6.47. The van der Waals surface area contributed by atoms with E-state index in [9.17, 15) is 5.11 Å². The van der Waals surface area contributed by atoms with Crippen LogP contribution in [0.4, 0.5) is 0 Å². The lowest BCUT2D eigenvalue weighted by molar-refractivity contribution is 0.178. The number of halogens is 4. The summed E-state index contributed by atoms with van der Waals surface area (Å²) in [5.74, 6) is 0. The molecule has 0 aromatic heterocycles. The van der Waals surface area contributed by atoms with E-state index in [1.807, 2.05) is 18.2 Å². The van der Waals surface area contributed by atoms with Gasteiger partial charge in [0.25, 0.3) is 0 Å². The van der Waals surface area contributed by atoms with Gasteiger partial charge in [0, 0.05) is 10.9 Å². The largest absolute Gasteiger partial charge is 0.388 e. The first-order valence-electron chi connectivity index (χ1n) is 5.55. The van der Waals surface area contributed by atoms with E-state index in [-0.39, 0.29) is 0 Å². The summed E-state index contributed by atoms with van der Waals surface area (Å²) in [5, 5.41) is 11.8. The zero-order valence-electron chi connectivity index (χ0n) is 9.71. The molecule has 0 aliphatic carbocycles. The van der Waals surface area contributed by atoms with Crippen molar-refractivity contribution in [1.29, 1.82) is 0 Å². The molecular weight excluding hydrogens is 370 g/mol. The first-order valence-corrected chi connectivity index (χ1v) is 7.47. The highest BCUT2D eigenvalue weighted by molar-refractivity contribution is 9.10. The smallest absolute Gasteiger partial charge is 0.0831 e. The lowest BCUT2D eigenvalue weighted by Gasteiger charge is -2.13. The van der Waals surface area contributed by atoms with Gasteiger partial charge in [-0.1, -0.05) is 53.0 Å². The van der Waals surface area contributed by atoms with Gasteiger partial charge in [0.1, 0.15) is 0 Å². The van der Waals surface area contributed by atoms with Gasteiger partial charge in [-0.3, -0.25) is 0 Å². The lowest BCUT2D eigenvalue weighted by atomic mass is 10.0. The van der Waals surface area contributed by atoms with E-state index in [1.54, 1.807) is 18.2 Å². The average molecular weight is 380 g/mol. The minimum atomic E-state index is -0.679. The average Bonchev–Trinajstić information content (AvgIpc) is 2.38. The van der Waals surface area contributed by atoms with E-state index in [1.165, 1.54) is 0 Å². The van der Waals surface area contributed by atoms with E-state index in [0.29, 0.717) is 21.5 Å². The Hall–Kier alpha value is -0.250. The molecule has 2 rings (SSSR count). The predicted molar refractivity (Wildman–Crippen MR) is 84.3 cm³/mol. The number of rotatable bonds is 3. The fourth-order valence-corrected chi connectivity index (χ4v) is 2.58. The third-order valence-corrected chi connectivity index (χ3v) is 4.86. The molecule has 0 amide bonds. The summed E-state index contributed by atoms with van der Waals surface area (Å²) in [7, 11) is 0. The van der Waals surface area contributed by atoms with Gasteiger partial charge in [-0.05, 0) is 45.3 Å². The molecule has 1 unspecified atom stereocenters. The summed E-state index contributed by atoms with van der Waals surface area (Å²) in [6, 6.07) is 10.7. The Kier molecular flexibility index (Phi) is 5.15. The van der Waals surface area contributed by atoms with Gasteiger partial charge in [-0.2, -0.15) is 0 Å². The van der Waals surface area contributed by atoms with Crippen molar-refractivity contribution in [3.05, 3.63) is 67.1 Å². The van der Waals surface area contributed by atoms with Crippen molar-refractivity contribution in [3.63, 3.8) is 0 Å². The number of hydrogen-bond donors (Lipinski definition) is 1. The molecule has 2 aromatic rings. The summed E-state index contributed by atoms with van der Waals surface area (Å²) in [6.07, 6.45) is -0.293. The molecule has 1 atom stereocenters. The number of hydrogen-bond acceptors (Lipinski definition) is 1. The van der Waals surface area contributed by atoms with Crippen molar-refractivity contribution in [2.24, 2.45) is 0 Å². The molecule has 1 nitrogen and oxygen atoms in total. The molecule has 0 aliphatic heterocycles. The highest BCUT2D eigenvalue weighted by atomic mass is 79.9. The van der Waals surface area contributed by atoms with Crippen LogP contribution in [0.15, 0.2) is 40.9 Å². The summed E-state index contributed by atoms with van der Waals surface area (Å²) in [5.41, 5.74) is 1.55. The Bertz CT molecular complexity index is 601. The Labute approximate surface area is 135 Å². The molecule has 0 saturated heterocycles. The minimum Gasteiger partial charge on any atom is -0.388 e. The molecule has 19 heavy (non-hydrogen) atoms. The van der Waals surface area contributed by atoms with Crippen LogP contribution in [0.1, 0.15) is 17.2 Å². The molecule has 0 aliphatic rings. The Morgan fingerprint density at radius 2 is 1.79 bits per heavy atom. The van der Waals surface area contributed by atoms with Crippen LogP contribution in [-0.2, 0) is 6.42 Å². The maximum Gasteiger partial charge on any atom is 0.0831 e. The molecule has 1 N–H and O–H groups in total. The van der Waals surface area contributed by atoms with Gasteiger partial charge in [-0.25, -0.2) is 0 Å². The van der Waals surface area contributed by atoms with Gasteiger partial charge >= 0.3 is 0 Å². The highest BCUT2D eigenvalue weighted by Gasteiger charge is 2.13. The third kappa shape index (κ3) is 3.65. The molecule has 0 heterocycles. The topological polar surface area (TPSA) is 20.2 Å². The van der Waals surface area contributed by atoms with Crippen LogP contribution in [-0.4, -0.2) is 5.11 Å². The zero-order valence-corrected chi connectivity index (χ0v) is 13.6. The van der Waals surface area contributed by atoms with E-state index >= 15 is 0 Å². The van der Waals surface area contributed by atoms with E-state index < -0.39 is 6.10 Å². The third-order valence-electron chi connectivity index (χ3n) is 2.77. The van der Waals surface area contributed by atoms with Crippen LogP contribution < -0.4 is 0 Å². The maximum absolute atomic E-state index is 10.2. The molecular formula is C14H10BrCl3O. The molecule has 0 saturated carbocycles. The van der Waals surface area contributed by atoms with Gasteiger partial charge in [0.2, 0.25) is 0 Å². The van der Waals surface area contributed by atoms with Gasteiger partial charge in [-0.15, -0.1) is 0 Å². The number of aliphatic hydroxyl groups excluding tert-OH is 1. The maximum atomic E-state index is 10.2. The normalized spacial score (nSPS) is 12.5. The van der Waals surface area contributed by atoms with Gasteiger partial charge in [0.05, 0.1) is 21.2 Å². The van der Waals surface area contributed by atoms with Crippen molar-refractivity contribution in [2.75, 3.05) is 0 Å². The molecule has 0 spiro atoms. The molecule has 2 aromatic carbocycles. The summed E-state index contributed by atoms with van der Waals surface area (Å²) < 4.78 is 0.797. The summed E-state index contributed by atoms with van der Waals surface area (Å²) in [4.78, 5) is 0. The first-order chi connectivity index (χ1) is 8.99. The van der Waals surface area contributed by atoms with Gasteiger partial charge in [0.15, 0.2) is 0 Å². The molecule has 0 bridgehead atoms. The van der Waals surface area contributed by atoms with Crippen LogP contribution in [0, 0.1) is 0 Å². The van der Waals surface area contributed by atoms with Crippen LogP contribution in [0.5, 0.6) is 0 Å². The van der Waals surface area contributed by atoms with Crippen molar-refractivity contribution >= 4 is 50.7 Å². The van der Waals surface area contributed by atoms with Crippen LogP contribution in [0.25, 0.3) is 0 Å².